The number of aromatic nitrogens is 2. The van der Waals surface area contributed by atoms with Crippen molar-refractivity contribution in [1.29, 1.82) is 0 Å². The van der Waals surface area contributed by atoms with Gasteiger partial charge in [0.1, 0.15) is 11.6 Å². The Hall–Kier alpha value is -3.33. The highest BCUT2D eigenvalue weighted by atomic mass is 32.2. The van der Waals surface area contributed by atoms with Crippen LogP contribution in [-0.4, -0.2) is 37.4 Å². The summed E-state index contributed by atoms with van der Waals surface area (Å²) in [5, 5.41) is 23.3. The molecule has 3 N–H and O–H groups in total. The number of nitrogens with zero attached hydrogens (tertiary/aromatic N) is 2. The van der Waals surface area contributed by atoms with Gasteiger partial charge in [0.15, 0.2) is 5.88 Å². The summed E-state index contributed by atoms with van der Waals surface area (Å²) in [6.07, 6.45) is 4.84. The molecule has 0 atom stereocenters. The third kappa shape index (κ3) is 4.77. The van der Waals surface area contributed by atoms with Gasteiger partial charge in [-0.15, -0.1) is 0 Å². The summed E-state index contributed by atoms with van der Waals surface area (Å²) < 4.78 is 15.1. The fourth-order valence-corrected chi connectivity index (χ4v) is 4.85. The number of carbonyl (C=O) groups is 2. The quantitative estimate of drug-likeness (QED) is 0.464. The van der Waals surface area contributed by atoms with Crippen LogP contribution in [0.1, 0.15) is 39.9 Å². The fraction of sp³-hybridized carbons (Fsp3) is 0.261. The number of hydrogen-bond acceptors (Lipinski definition) is 5. The van der Waals surface area contributed by atoms with E-state index in [1.54, 1.807) is 16.7 Å². The Kier molecular flexibility index (Phi) is 6.45. The number of carboxylic acid groups (broad SMARTS) is 1. The van der Waals surface area contributed by atoms with Crippen LogP contribution in [0.15, 0.2) is 47.6 Å². The molecule has 1 amide bonds. The number of carboxylic acids is 1. The van der Waals surface area contributed by atoms with E-state index >= 15 is 0 Å². The molecule has 1 aliphatic carbocycles. The average Bonchev–Trinajstić information content (AvgIpc) is 3.05. The van der Waals surface area contributed by atoms with E-state index in [9.17, 15) is 19.1 Å². The predicted molar refractivity (Wildman–Crippen MR) is 119 cm³/mol. The molecule has 2 aromatic heterocycles. The molecule has 0 fully saturated rings. The van der Waals surface area contributed by atoms with Gasteiger partial charge in [0.05, 0.1) is 22.9 Å². The number of nitrogens with one attached hydrogen (secondary N) is 1. The zero-order valence-corrected chi connectivity index (χ0v) is 18.0. The van der Waals surface area contributed by atoms with E-state index in [0.717, 1.165) is 47.4 Å². The van der Waals surface area contributed by atoms with Crippen LogP contribution in [0.2, 0.25) is 0 Å². The number of amides is 1. The number of fused-ring (bicyclic) bond motifs is 1. The molecule has 166 valence electrons. The molecule has 0 saturated carbocycles. The summed E-state index contributed by atoms with van der Waals surface area (Å²) in [4.78, 5) is 27.4. The molecule has 9 heteroatoms. The van der Waals surface area contributed by atoms with Crippen molar-refractivity contribution in [1.82, 2.24) is 9.55 Å². The number of thioether (sulfide) groups is 1. The average molecular weight is 456 g/mol. The van der Waals surface area contributed by atoms with E-state index in [1.165, 1.54) is 42.2 Å². The first kappa shape index (κ1) is 21.9. The van der Waals surface area contributed by atoms with E-state index < -0.39 is 5.97 Å². The highest BCUT2D eigenvalue weighted by Crippen LogP contribution is 2.40. The number of pyridine rings is 1. The Morgan fingerprint density at radius 1 is 1.09 bits per heavy atom. The van der Waals surface area contributed by atoms with Crippen LogP contribution in [-0.2, 0) is 24.2 Å². The smallest absolute Gasteiger partial charge is 0.337 e. The number of hydrogen-bond donors (Lipinski definition) is 3. The minimum Gasteiger partial charge on any atom is -0.494 e. The van der Waals surface area contributed by atoms with Crippen LogP contribution in [0.4, 0.5) is 10.2 Å². The van der Waals surface area contributed by atoms with Crippen molar-refractivity contribution in [2.75, 3.05) is 11.1 Å². The maximum atomic E-state index is 13.3. The lowest BCUT2D eigenvalue weighted by atomic mass is 9.95. The predicted octanol–water partition coefficient (Wildman–Crippen LogP) is 4.08. The first-order chi connectivity index (χ1) is 15.4. The molecule has 0 spiro atoms. The van der Waals surface area contributed by atoms with E-state index in [4.69, 9.17) is 5.11 Å². The molecule has 1 aliphatic rings. The SMILES string of the molecule is O=C(CSc1c2c(c(O)n1Cc1ccc(F)cc1)CCCC2)Nc1ccc(C(=O)O)cn1. The van der Waals surface area contributed by atoms with Gasteiger partial charge in [-0.2, -0.15) is 0 Å². The van der Waals surface area contributed by atoms with Crippen LogP contribution in [0.5, 0.6) is 5.88 Å². The van der Waals surface area contributed by atoms with Crippen molar-refractivity contribution in [3.05, 3.63) is 70.7 Å². The van der Waals surface area contributed by atoms with Crippen LogP contribution in [0.3, 0.4) is 0 Å². The third-order valence-electron chi connectivity index (χ3n) is 5.37. The van der Waals surface area contributed by atoms with Crippen molar-refractivity contribution in [3.8, 4) is 5.88 Å². The van der Waals surface area contributed by atoms with Crippen LogP contribution >= 0.6 is 11.8 Å². The molecule has 0 unspecified atom stereocenters. The zero-order valence-electron chi connectivity index (χ0n) is 17.2. The molecular weight excluding hydrogens is 433 g/mol. The number of benzene rings is 1. The van der Waals surface area contributed by atoms with Gasteiger partial charge in [-0.1, -0.05) is 23.9 Å². The molecule has 0 radical (unpaired) electrons. The standard InChI is InChI=1S/C23H22FN3O4S/c24-16-8-5-14(6-9-16)12-27-21(29)17-3-1-2-4-18(17)22(27)32-13-20(28)26-19-10-7-15(11-25-19)23(30)31/h5-11,29H,1-4,12-13H2,(H,30,31)(H,25,26,28). The molecule has 32 heavy (non-hydrogen) atoms. The maximum absolute atomic E-state index is 13.3. The highest BCUT2D eigenvalue weighted by molar-refractivity contribution is 8.00. The summed E-state index contributed by atoms with van der Waals surface area (Å²) in [5.74, 6) is -1.12. The Morgan fingerprint density at radius 2 is 1.81 bits per heavy atom. The molecular formula is C23H22FN3O4S. The molecule has 2 heterocycles. The second kappa shape index (κ2) is 9.44. The number of halogens is 1. The van der Waals surface area contributed by atoms with Crippen LogP contribution in [0.25, 0.3) is 0 Å². The summed E-state index contributed by atoms with van der Waals surface area (Å²) in [6, 6.07) is 8.96. The van der Waals surface area contributed by atoms with Crippen molar-refractivity contribution in [2.45, 2.75) is 37.3 Å². The monoisotopic (exact) mass is 455 g/mol. The summed E-state index contributed by atoms with van der Waals surface area (Å²) in [7, 11) is 0. The molecule has 3 aromatic rings. The summed E-state index contributed by atoms with van der Waals surface area (Å²) >= 11 is 1.34. The molecule has 0 aliphatic heterocycles. The number of carbonyl (C=O) groups excluding carboxylic acids is 1. The first-order valence-electron chi connectivity index (χ1n) is 10.2. The second-order valence-electron chi connectivity index (χ2n) is 7.58. The Labute approximate surface area is 188 Å². The lowest BCUT2D eigenvalue weighted by Crippen LogP contribution is -2.16. The van der Waals surface area contributed by atoms with E-state index in [1.807, 2.05) is 0 Å². The van der Waals surface area contributed by atoms with Gasteiger partial charge >= 0.3 is 5.97 Å². The van der Waals surface area contributed by atoms with Crippen molar-refractivity contribution in [2.24, 2.45) is 0 Å². The van der Waals surface area contributed by atoms with Gasteiger partial charge in [0, 0.05) is 11.8 Å². The minimum atomic E-state index is -1.09. The van der Waals surface area contributed by atoms with Crippen molar-refractivity contribution < 1.29 is 24.2 Å². The minimum absolute atomic E-state index is 0.0399. The Bertz CT molecular complexity index is 1140. The number of anilines is 1. The Balaban J connectivity index is 1.51. The first-order valence-corrected chi connectivity index (χ1v) is 11.2. The van der Waals surface area contributed by atoms with Gasteiger partial charge in [0.25, 0.3) is 0 Å². The van der Waals surface area contributed by atoms with Gasteiger partial charge in [-0.3, -0.25) is 4.79 Å². The van der Waals surface area contributed by atoms with Crippen molar-refractivity contribution >= 4 is 29.5 Å². The van der Waals surface area contributed by atoms with E-state index in [2.05, 4.69) is 10.3 Å². The summed E-state index contributed by atoms with van der Waals surface area (Å²) in [6.45, 7) is 0.376. The lowest BCUT2D eigenvalue weighted by molar-refractivity contribution is -0.113. The number of rotatable bonds is 7. The van der Waals surface area contributed by atoms with Gasteiger partial charge in [-0.25, -0.2) is 14.2 Å². The third-order valence-corrected chi connectivity index (χ3v) is 6.52. The normalized spacial score (nSPS) is 12.9. The maximum Gasteiger partial charge on any atom is 0.337 e. The number of aromatic hydroxyl groups is 1. The largest absolute Gasteiger partial charge is 0.494 e. The molecule has 7 nitrogen and oxygen atoms in total. The van der Waals surface area contributed by atoms with Crippen molar-refractivity contribution in [3.63, 3.8) is 0 Å². The van der Waals surface area contributed by atoms with E-state index in [0.29, 0.717) is 6.54 Å². The van der Waals surface area contributed by atoms with Gasteiger partial charge < -0.3 is 20.1 Å². The molecule has 4 rings (SSSR count). The topological polar surface area (TPSA) is 104 Å². The molecule has 0 bridgehead atoms. The highest BCUT2D eigenvalue weighted by Gasteiger charge is 2.25. The number of aromatic carboxylic acids is 1. The molecule has 1 aromatic carbocycles. The zero-order chi connectivity index (χ0) is 22.7. The molecule has 0 saturated heterocycles. The van der Waals surface area contributed by atoms with Crippen LogP contribution in [0, 0.1) is 5.82 Å². The van der Waals surface area contributed by atoms with Gasteiger partial charge in [0.2, 0.25) is 5.91 Å². The lowest BCUT2D eigenvalue weighted by Gasteiger charge is -2.13. The second-order valence-corrected chi connectivity index (χ2v) is 8.54. The Morgan fingerprint density at radius 3 is 2.47 bits per heavy atom. The van der Waals surface area contributed by atoms with E-state index in [-0.39, 0.29) is 34.7 Å². The summed E-state index contributed by atoms with van der Waals surface area (Å²) in [5.41, 5.74) is 2.88. The van der Waals surface area contributed by atoms with Crippen LogP contribution < -0.4 is 5.32 Å². The van der Waals surface area contributed by atoms with Gasteiger partial charge in [-0.05, 0) is 61.1 Å². The fourth-order valence-electron chi connectivity index (χ4n) is 3.80.